The first-order chi connectivity index (χ1) is 12.7. The first kappa shape index (κ1) is 19.0. The molecule has 8 heteroatoms. The smallest absolute Gasteiger partial charge is 0.408 e. The third-order valence-corrected chi connectivity index (χ3v) is 4.66. The van der Waals surface area contributed by atoms with Gasteiger partial charge in [0, 0.05) is 45.3 Å². The van der Waals surface area contributed by atoms with E-state index in [0.717, 1.165) is 0 Å². The Bertz CT molecular complexity index is 914. The molecule has 0 atom stereocenters. The van der Waals surface area contributed by atoms with Crippen LogP contribution in [-0.2, 0) is 7.05 Å². The second-order valence-electron chi connectivity index (χ2n) is 8.11. The first-order valence-electron chi connectivity index (χ1n) is 9.07. The van der Waals surface area contributed by atoms with Gasteiger partial charge in [-0.1, -0.05) is 20.8 Å². The van der Waals surface area contributed by atoms with Gasteiger partial charge >= 0.3 is 11.8 Å². The van der Waals surface area contributed by atoms with Crippen LogP contribution in [0, 0.1) is 5.41 Å². The Labute approximate surface area is 157 Å². The van der Waals surface area contributed by atoms with Gasteiger partial charge in [0.25, 0.3) is 5.91 Å². The zero-order valence-corrected chi connectivity index (χ0v) is 16.2. The molecule has 3 rings (SSSR count). The van der Waals surface area contributed by atoms with Gasteiger partial charge in [-0.15, -0.1) is 0 Å². The molecule has 1 fully saturated rings. The van der Waals surface area contributed by atoms with Gasteiger partial charge in [0.05, 0.1) is 5.52 Å². The lowest BCUT2D eigenvalue weighted by molar-refractivity contribution is 0.0664. The summed E-state index contributed by atoms with van der Waals surface area (Å²) >= 11 is 0. The minimum atomic E-state index is -0.454. The van der Waals surface area contributed by atoms with Crippen LogP contribution in [0.3, 0.4) is 0 Å². The van der Waals surface area contributed by atoms with Crippen LogP contribution in [0.5, 0.6) is 0 Å². The van der Waals surface area contributed by atoms with Gasteiger partial charge < -0.3 is 19.5 Å². The highest BCUT2D eigenvalue weighted by Gasteiger charge is 2.26. The van der Waals surface area contributed by atoms with E-state index < -0.39 is 5.76 Å². The molecular formula is C19H26N4O4. The number of fused-ring (bicyclic) bond motifs is 1. The number of hydrogen-bond donors (Lipinski definition) is 1. The standard InChI is InChI=1S/C19H26N4O4/c1-19(2,3)12-20-17(25)23-9-7-22(8-10-23)16(24)13-5-6-15-14(11-13)21(4)18(26)27-15/h5-6,11H,7-10,12H2,1-4H3,(H,20,25). The van der Waals surface area contributed by atoms with Crippen molar-refractivity contribution in [1.82, 2.24) is 19.7 Å². The number of nitrogens with one attached hydrogen (secondary N) is 1. The van der Waals surface area contributed by atoms with E-state index in [9.17, 15) is 14.4 Å². The molecule has 2 aromatic rings. The normalized spacial score (nSPS) is 15.3. The number of urea groups is 1. The molecule has 0 radical (unpaired) electrons. The van der Waals surface area contributed by atoms with Crippen molar-refractivity contribution in [2.45, 2.75) is 20.8 Å². The fourth-order valence-corrected chi connectivity index (χ4v) is 3.01. The molecule has 0 aliphatic carbocycles. The molecular weight excluding hydrogens is 348 g/mol. The summed E-state index contributed by atoms with van der Waals surface area (Å²) in [4.78, 5) is 40.1. The minimum Gasteiger partial charge on any atom is -0.408 e. The monoisotopic (exact) mass is 374 g/mol. The maximum absolute atomic E-state index is 12.8. The average Bonchev–Trinajstić information content (AvgIpc) is 2.92. The summed E-state index contributed by atoms with van der Waals surface area (Å²) in [7, 11) is 1.61. The van der Waals surface area contributed by atoms with Gasteiger partial charge in [0.2, 0.25) is 0 Å². The SMILES string of the molecule is Cn1c(=O)oc2ccc(C(=O)N3CCN(C(=O)NCC(C)(C)C)CC3)cc21. The molecule has 1 aromatic carbocycles. The van der Waals surface area contributed by atoms with Gasteiger partial charge in [-0.2, -0.15) is 0 Å². The number of hydrogen-bond acceptors (Lipinski definition) is 4. The molecule has 1 aromatic heterocycles. The van der Waals surface area contributed by atoms with Crippen LogP contribution >= 0.6 is 0 Å². The number of amides is 3. The fourth-order valence-electron chi connectivity index (χ4n) is 3.01. The van der Waals surface area contributed by atoms with Crippen LogP contribution in [0.4, 0.5) is 4.79 Å². The largest absolute Gasteiger partial charge is 0.419 e. The van der Waals surface area contributed by atoms with Crippen LogP contribution < -0.4 is 11.1 Å². The number of nitrogens with zero attached hydrogens (tertiary/aromatic N) is 3. The lowest BCUT2D eigenvalue weighted by Gasteiger charge is -2.35. The van der Waals surface area contributed by atoms with Crippen molar-refractivity contribution in [3.05, 3.63) is 34.3 Å². The van der Waals surface area contributed by atoms with Crippen LogP contribution in [0.25, 0.3) is 11.1 Å². The molecule has 146 valence electrons. The Morgan fingerprint density at radius 2 is 1.74 bits per heavy atom. The third-order valence-electron chi connectivity index (χ3n) is 4.66. The van der Waals surface area contributed by atoms with E-state index in [1.807, 2.05) is 0 Å². The number of piperazine rings is 1. The number of carbonyl (C=O) groups excluding carboxylic acids is 2. The van der Waals surface area contributed by atoms with Crippen molar-refractivity contribution in [1.29, 1.82) is 0 Å². The van der Waals surface area contributed by atoms with E-state index in [-0.39, 0.29) is 17.4 Å². The Hall–Kier alpha value is -2.77. The van der Waals surface area contributed by atoms with Gasteiger partial charge in [0.1, 0.15) is 0 Å². The Morgan fingerprint density at radius 3 is 2.37 bits per heavy atom. The van der Waals surface area contributed by atoms with Crippen molar-refractivity contribution in [2.24, 2.45) is 12.5 Å². The van der Waals surface area contributed by atoms with E-state index in [4.69, 9.17) is 4.42 Å². The molecule has 0 spiro atoms. The summed E-state index contributed by atoms with van der Waals surface area (Å²) in [5.74, 6) is -0.565. The minimum absolute atomic E-state index is 0.0271. The van der Waals surface area contributed by atoms with Crippen LogP contribution in [0.1, 0.15) is 31.1 Å². The van der Waals surface area contributed by atoms with Crippen LogP contribution in [0.2, 0.25) is 0 Å². The number of benzene rings is 1. The van der Waals surface area contributed by atoms with Crippen molar-refractivity contribution in [3.8, 4) is 0 Å². The lowest BCUT2D eigenvalue weighted by atomic mass is 9.97. The zero-order chi connectivity index (χ0) is 19.8. The molecule has 0 bridgehead atoms. The quantitative estimate of drug-likeness (QED) is 0.866. The number of carbonyl (C=O) groups is 2. The molecule has 0 unspecified atom stereocenters. The molecule has 8 nitrogen and oxygen atoms in total. The summed E-state index contributed by atoms with van der Waals surface area (Å²) in [6, 6.07) is 4.88. The Morgan fingerprint density at radius 1 is 1.11 bits per heavy atom. The highest BCUT2D eigenvalue weighted by molar-refractivity contribution is 5.97. The highest BCUT2D eigenvalue weighted by Crippen LogP contribution is 2.17. The molecule has 27 heavy (non-hydrogen) atoms. The van der Waals surface area contributed by atoms with Crippen molar-refractivity contribution >= 4 is 23.0 Å². The second-order valence-corrected chi connectivity index (χ2v) is 8.11. The van der Waals surface area contributed by atoms with Crippen LogP contribution in [-0.4, -0.2) is 59.0 Å². The van der Waals surface area contributed by atoms with E-state index in [1.54, 1.807) is 35.0 Å². The van der Waals surface area contributed by atoms with Gasteiger partial charge in [-0.05, 0) is 23.6 Å². The van der Waals surface area contributed by atoms with E-state index in [1.165, 1.54) is 4.57 Å². The zero-order valence-electron chi connectivity index (χ0n) is 16.2. The van der Waals surface area contributed by atoms with Crippen molar-refractivity contribution in [2.75, 3.05) is 32.7 Å². The predicted octanol–water partition coefficient (Wildman–Crippen LogP) is 1.64. The summed E-state index contributed by atoms with van der Waals surface area (Å²) in [5, 5.41) is 2.94. The van der Waals surface area contributed by atoms with E-state index in [2.05, 4.69) is 26.1 Å². The van der Waals surface area contributed by atoms with Crippen molar-refractivity contribution < 1.29 is 14.0 Å². The summed E-state index contributed by atoms with van der Waals surface area (Å²) in [6.45, 7) is 8.74. The fraction of sp³-hybridized carbons (Fsp3) is 0.526. The number of aromatic nitrogens is 1. The molecule has 0 saturated carbocycles. The maximum Gasteiger partial charge on any atom is 0.419 e. The average molecular weight is 374 g/mol. The molecule has 1 N–H and O–H groups in total. The first-order valence-corrected chi connectivity index (χ1v) is 9.07. The predicted molar refractivity (Wildman–Crippen MR) is 102 cm³/mol. The van der Waals surface area contributed by atoms with E-state index in [0.29, 0.717) is 49.4 Å². The maximum atomic E-state index is 12.8. The molecule has 1 aliphatic heterocycles. The van der Waals surface area contributed by atoms with Gasteiger partial charge in [-0.25, -0.2) is 9.59 Å². The third kappa shape index (κ3) is 4.15. The highest BCUT2D eigenvalue weighted by atomic mass is 16.4. The summed E-state index contributed by atoms with van der Waals surface area (Å²) < 4.78 is 6.48. The summed E-state index contributed by atoms with van der Waals surface area (Å²) in [5.41, 5.74) is 1.58. The topological polar surface area (TPSA) is 87.8 Å². The summed E-state index contributed by atoms with van der Waals surface area (Å²) in [6.07, 6.45) is 0. The lowest BCUT2D eigenvalue weighted by Crippen LogP contribution is -2.53. The van der Waals surface area contributed by atoms with Crippen molar-refractivity contribution in [3.63, 3.8) is 0 Å². The number of aryl methyl sites for hydroxylation is 1. The van der Waals surface area contributed by atoms with Crippen LogP contribution in [0.15, 0.2) is 27.4 Å². The number of oxazole rings is 1. The Balaban J connectivity index is 1.62. The molecule has 1 saturated heterocycles. The van der Waals surface area contributed by atoms with E-state index >= 15 is 0 Å². The second kappa shape index (κ2) is 7.09. The number of rotatable bonds is 2. The Kier molecular flexibility index (Phi) is 4.99. The molecule has 3 amide bonds. The van der Waals surface area contributed by atoms with Gasteiger partial charge in [0.15, 0.2) is 5.58 Å². The molecule has 2 heterocycles. The molecule has 1 aliphatic rings. The van der Waals surface area contributed by atoms with Gasteiger partial charge in [-0.3, -0.25) is 9.36 Å².